The SMILES string of the molecule is CCC(C)O/C(=N\N)C(C)(C)C. The molecule has 0 aromatic heterocycles. The van der Waals surface area contributed by atoms with Crippen LogP contribution in [0.5, 0.6) is 0 Å². The fourth-order valence-corrected chi connectivity index (χ4v) is 0.675. The van der Waals surface area contributed by atoms with E-state index in [0.717, 1.165) is 6.42 Å². The highest BCUT2D eigenvalue weighted by Crippen LogP contribution is 2.18. The number of hydrazone groups is 1. The Bertz CT molecular complexity index is 158. The number of nitrogens with two attached hydrogens (primary N) is 1. The third-order valence-corrected chi connectivity index (χ3v) is 1.65. The molecule has 0 aliphatic carbocycles. The Morgan fingerprint density at radius 3 is 2.25 bits per heavy atom. The number of nitrogens with zero attached hydrogens (tertiary/aromatic N) is 1. The molecule has 1 atom stereocenters. The van der Waals surface area contributed by atoms with Crippen molar-refractivity contribution in [1.29, 1.82) is 0 Å². The van der Waals surface area contributed by atoms with Gasteiger partial charge in [-0.1, -0.05) is 27.7 Å². The topological polar surface area (TPSA) is 47.6 Å². The minimum atomic E-state index is -0.0990. The van der Waals surface area contributed by atoms with E-state index in [1.807, 2.05) is 27.7 Å². The van der Waals surface area contributed by atoms with Crippen molar-refractivity contribution >= 4 is 5.90 Å². The van der Waals surface area contributed by atoms with Gasteiger partial charge in [-0.3, -0.25) is 0 Å². The van der Waals surface area contributed by atoms with Gasteiger partial charge in [0.2, 0.25) is 5.90 Å². The minimum absolute atomic E-state index is 0.0990. The molecule has 0 aromatic carbocycles. The summed E-state index contributed by atoms with van der Waals surface area (Å²) in [5.74, 6) is 5.85. The van der Waals surface area contributed by atoms with E-state index >= 15 is 0 Å². The van der Waals surface area contributed by atoms with Gasteiger partial charge in [0.15, 0.2) is 0 Å². The summed E-state index contributed by atoms with van der Waals surface area (Å²) in [6.07, 6.45) is 1.15. The van der Waals surface area contributed by atoms with Gasteiger partial charge in [0.05, 0.1) is 6.10 Å². The fourth-order valence-electron chi connectivity index (χ4n) is 0.675. The van der Waals surface area contributed by atoms with E-state index in [-0.39, 0.29) is 11.5 Å². The molecule has 0 heterocycles. The van der Waals surface area contributed by atoms with Crippen LogP contribution in [0.1, 0.15) is 41.0 Å². The maximum absolute atomic E-state index is 5.54. The van der Waals surface area contributed by atoms with E-state index in [2.05, 4.69) is 12.0 Å². The Kier molecular flexibility index (Phi) is 4.07. The smallest absolute Gasteiger partial charge is 0.211 e. The Morgan fingerprint density at radius 1 is 1.50 bits per heavy atom. The Labute approximate surface area is 75.0 Å². The molecule has 0 rings (SSSR count). The molecule has 2 N–H and O–H groups in total. The lowest BCUT2D eigenvalue weighted by Gasteiger charge is -2.23. The first-order valence-electron chi connectivity index (χ1n) is 4.36. The molecule has 1 unspecified atom stereocenters. The fraction of sp³-hybridized carbons (Fsp3) is 0.889. The van der Waals surface area contributed by atoms with E-state index in [1.54, 1.807) is 0 Å². The van der Waals surface area contributed by atoms with Crippen molar-refractivity contribution in [3.63, 3.8) is 0 Å². The maximum atomic E-state index is 5.54. The van der Waals surface area contributed by atoms with Gasteiger partial charge in [-0.05, 0) is 13.3 Å². The first kappa shape index (κ1) is 11.3. The standard InChI is InChI=1S/C9H20N2O/c1-6-7(2)12-8(11-10)9(3,4)5/h7H,6,10H2,1-5H3/b11-8-. The highest BCUT2D eigenvalue weighted by Gasteiger charge is 2.22. The highest BCUT2D eigenvalue weighted by molar-refractivity contribution is 5.81. The summed E-state index contributed by atoms with van der Waals surface area (Å²) < 4.78 is 5.54. The molecular weight excluding hydrogens is 152 g/mol. The lowest BCUT2D eigenvalue weighted by molar-refractivity contribution is 0.176. The summed E-state index contributed by atoms with van der Waals surface area (Å²) in [5.41, 5.74) is -0.0990. The quantitative estimate of drug-likeness (QED) is 0.300. The number of hydrogen-bond donors (Lipinski definition) is 1. The summed E-state index contributed by atoms with van der Waals surface area (Å²) in [6.45, 7) is 10.2. The van der Waals surface area contributed by atoms with Crippen LogP contribution in [0.2, 0.25) is 0 Å². The van der Waals surface area contributed by atoms with E-state index in [9.17, 15) is 0 Å². The average molecular weight is 172 g/mol. The molecule has 0 aliphatic heterocycles. The third-order valence-electron chi connectivity index (χ3n) is 1.65. The number of ether oxygens (including phenoxy) is 1. The van der Waals surface area contributed by atoms with Crippen LogP contribution in [0, 0.1) is 5.41 Å². The summed E-state index contributed by atoms with van der Waals surface area (Å²) in [4.78, 5) is 0. The Morgan fingerprint density at radius 2 is 2.00 bits per heavy atom. The van der Waals surface area contributed by atoms with E-state index in [1.165, 1.54) is 0 Å². The minimum Gasteiger partial charge on any atom is -0.476 e. The van der Waals surface area contributed by atoms with Crippen molar-refractivity contribution in [3.05, 3.63) is 0 Å². The molecule has 3 nitrogen and oxygen atoms in total. The maximum Gasteiger partial charge on any atom is 0.211 e. The van der Waals surface area contributed by atoms with E-state index in [4.69, 9.17) is 10.6 Å². The molecule has 0 fully saturated rings. The summed E-state index contributed by atoms with van der Waals surface area (Å²) in [5, 5.41) is 3.64. The van der Waals surface area contributed by atoms with Crippen LogP contribution in [0.15, 0.2) is 5.10 Å². The van der Waals surface area contributed by atoms with Crippen LogP contribution in [0.4, 0.5) is 0 Å². The van der Waals surface area contributed by atoms with Crippen LogP contribution < -0.4 is 5.84 Å². The normalized spacial score (nSPS) is 15.9. The Hall–Kier alpha value is -0.730. The van der Waals surface area contributed by atoms with Crippen molar-refractivity contribution in [3.8, 4) is 0 Å². The van der Waals surface area contributed by atoms with Crippen LogP contribution in [0.25, 0.3) is 0 Å². The molecule has 0 bridgehead atoms. The van der Waals surface area contributed by atoms with Gasteiger partial charge in [-0.2, -0.15) is 0 Å². The predicted molar refractivity (Wildman–Crippen MR) is 51.9 cm³/mol. The van der Waals surface area contributed by atoms with Gasteiger partial charge >= 0.3 is 0 Å². The molecular formula is C9H20N2O. The first-order valence-corrected chi connectivity index (χ1v) is 4.36. The van der Waals surface area contributed by atoms with E-state index < -0.39 is 0 Å². The van der Waals surface area contributed by atoms with Crippen LogP contribution in [0.3, 0.4) is 0 Å². The van der Waals surface area contributed by atoms with Gasteiger partial charge in [0.25, 0.3) is 0 Å². The van der Waals surface area contributed by atoms with Gasteiger partial charge in [0, 0.05) is 5.41 Å². The number of rotatable bonds is 2. The van der Waals surface area contributed by atoms with Crippen molar-refractivity contribution in [2.24, 2.45) is 16.4 Å². The molecule has 0 amide bonds. The lowest BCUT2D eigenvalue weighted by atomic mass is 9.96. The molecule has 0 radical (unpaired) electrons. The molecule has 12 heavy (non-hydrogen) atoms. The predicted octanol–water partition coefficient (Wildman–Crippen LogP) is 2.12. The zero-order chi connectivity index (χ0) is 9.78. The first-order chi connectivity index (χ1) is 5.41. The zero-order valence-electron chi connectivity index (χ0n) is 8.72. The van der Waals surface area contributed by atoms with Gasteiger partial charge in [-0.25, -0.2) is 0 Å². The molecule has 3 heteroatoms. The molecule has 0 saturated carbocycles. The summed E-state index contributed by atoms with van der Waals surface area (Å²) in [7, 11) is 0. The molecule has 0 spiro atoms. The largest absolute Gasteiger partial charge is 0.476 e. The Balaban J connectivity index is 4.22. The van der Waals surface area contributed by atoms with Crippen molar-refractivity contribution in [1.82, 2.24) is 0 Å². The average Bonchev–Trinajstić information content (AvgIpc) is 1.97. The van der Waals surface area contributed by atoms with Crippen molar-refractivity contribution in [2.45, 2.75) is 47.1 Å². The third kappa shape index (κ3) is 3.60. The highest BCUT2D eigenvalue weighted by atomic mass is 16.5. The number of hydrogen-bond acceptors (Lipinski definition) is 3. The van der Waals surface area contributed by atoms with Gasteiger partial charge in [-0.15, -0.1) is 5.10 Å². The molecule has 0 aliphatic rings. The van der Waals surface area contributed by atoms with E-state index in [0.29, 0.717) is 5.90 Å². The summed E-state index contributed by atoms with van der Waals surface area (Å²) >= 11 is 0. The second kappa shape index (κ2) is 4.33. The molecule has 0 saturated heterocycles. The molecule has 0 aromatic rings. The summed E-state index contributed by atoms with van der Waals surface area (Å²) in [6, 6.07) is 0. The second-order valence-electron chi connectivity index (χ2n) is 4.02. The monoisotopic (exact) mass is 172 g/mol. The van der Waals surface area contributed by atoms with Crippen molar-refractivity contribution in [2.75, 3.05) is 0 Å². The van der Waals surface area contributed by atoms with Crippen LogP contribution >= 0.6 is 0 Å². The second-order valence-corrected chi connectivity index (χ2v) is 4.02. The van der Waals surface area contributed by atoms with Crippen molar-refractivity contribution < 1.29 is 4.74 Å². The van der Waals surface area contributed by atoms with Gasteiger partial charge in [0.1, 0.15) is 0 Å². The van der Waals surface area contributed by atoms with Crippen LogP contribution in [-0.4, -0.2) is 12.0 Å². The van der Waals surface area contributed by atoms with Gasteiger partial charge < -0.3 is 10.6 Å². The van der Waals surface area contributed by atoms with Crippen LogP contribution in [-0.2, 0) is 4.74 Å². The zero-order valence-corrected chi connectivity index (χ0v) is 8.72. The lowest BCUT2D eigenvalue weighted by Crippen LogP contribution is -2.28. The molecule has 72 valence electrons.